The van der Waals surface area contributed by atoms with Crippen LogP contribution in [0, 0.1) is 0 Å². The number of likely N-dealkylation sites (N-methyl/N-ethyl adjacent to an activating group) is 1. The van der Waals surface area contributed by atoms with Crippen LogP contribution in [0.2, 0.25) is 0 Å². The smallest absolute Gasteiger partial charge is 0.170 e. The number of tetrazole rings is 1. The predicted octanol–water partition coefficient (Wildman–Crippen LogP) is 0.313. The summed E-state index contributed by atoms with van der Waals surface area (Å²) in [6.07, 6.45) is 0. The van der Waals surface area contributed by atoms with Crippen LogP contribution >= 0.6 is 0 Å². The topological polar surface area (TPSA) is 58.9 Å². The lowest BCUT2D eigenvalue weighted by atomic mass is 10.3. The summed E-state index contributed by atoms with van der Waals surface area (Å²) in [4.78, 5) is 2.13. The molecule has 18 heavy (non-hydrogen) atoms. The molecule has 1 aromatic carbocycles. The highest BCUT2D eigenvalue weighted by Gasteiger charge is 2.06. The van der Waals surface area contributed by atoms with Gasteiger partial charge in [-0.1, -0.05) is 18.2 Å². The van der Waals surface area contributed by atoms with Gasteiger partial charge in [-0.2, -0.15) is 4.68 Å². The van der Waals surface area contributed by atoms with Crippen LogP contribution in [-0.2, 0) is 6.54 Å². The number of hydrogen-bond donors (Lipinski definition) is 1. The van der Waals surface area contributed by atoms with Gasteiger partial charge in [0.1, 0.15) is 0 Å². The largest absolute Gasteiger partial charge is 0.308 e. The second-order valence-electron chi connectivity index (χ2n) is 4.32. The predicted molar refractivity (Wildman–Crippen MR) is 69.4 cm³/mol. The molecule has 96 valence electrons. The fourth-order valence-electron chi connectivity index (χ4n) is 1.59. The van der Waals surface area contributed by atoms with E-state index in [4.69, 9.17) is 0 Å². The van der Waals surface area contributed by atoms with Crippen LogP contribution in [0.15, 0.2) is 30.3 Å². The zero-order valence-corrected chi connectivity index (χ0v) is 10.7. The summed E-state index contributed by atoms with van der Waals surface area (Å²) >= 11 is 0. The van der Waals surface area contributed by atoms with Crippen molar-refractivity contribution in [3.8, 4) is 5.69 Å². The molecule has 6 nitrogen and oxygen atoms in total. The summed E-state index contributed by atoms with van der Waals surface area (Å²) in [5.74, 6) is 0.819. The molecule has 1 N–H and O–H groups in total. The molecule has 0 saturated carbocycles. The standard InChI is InChI=1S/C12H18N6/c1-17(2)9-8-13-10-12-14-15-16-18(12)11-6-4-3-5-7-11/h3-7,13H,8-10H2,1-2H3. The van der Waals surface area contributed by atoms with Crippen molar-refractivity contribution in [2.24, 2.45) is 0 Å². The van der Waals surface area contributed by atoms with Crippen molar-refractivity contribution in [1.82, 2.24) is 30.4 Å². The maximum atomic E-state index is 4.03. The molecule has 2 rings (SSSR count). The first-order valence-electron chi connectivity index (χ1n) is 5.95. The van der Waals surface area contributed by atoms with Crippen molar-refractivity contribution in [3.05, 3.63) is 36.2 Å². The zero-order valence-electron chi connectivity index (χ0n) is 10.7. The fourth-order valence-corrected chi connectivity index (χ4v) is 1.59. The fraction of sp³-hybridized carbons (Fsp3) is 0.417. The minimum absolute atomic E-state index is 0.662. The highest BCUT2D eigenvalue weighted by molar-refractivity contribution is 5.30. The number of nitrogens with zero attached hydrogens (tertiary/aromatic N) is 5. The van der Waals surface area contributed by atoms with Gasteiger partial charge in [-0.15, -0.1) is 5.10 Å². The molecule has 0 aliphatic heterocycles. The summed E-state index contributed by atoms with van der Waals surface area (Å²) in [6.45, 7) is 2.57. The number of para-hydroxylation sites is 1. The maximum absolute atomic E-state index is 4.03. The highest BCUT2D eigenvalue weighted by atomic mass is 15.5. The molecule has 1 aromatic heterocycles. The van der Waals surface area contributed by atoms with Crippen LogP contribution in [0.3, 0.4) is 0 Å². The third-order valence-electron chi connectivity index (χ3n) is 2.55. The zero-order chi connectivity index (χ0) is 12.8. The van der Waals surface area contributed by atoms with Crippen LogP contribution in [0.25, 0.3) is 5.69 Å². The van der Waals surface area contributed by atoms with Crippen molar-refractivity contribution in [2.75, 3.05) is 27.2 Å². The first-order chi connectivity index (χ1) is 8.77. The van der Waals surface area contributed by atoms with Crippen LogP contribution in [0.5, 0.6) is 0 Å². The van der Waals surface area contributed by atoms with E-state index in [1.54, 1.807) is 4.68 Å². The van der Waals surface area contributed by atoms with Gasteiger partial charge in [0.05, 0.1) is 12.2 Å². The third kappa shape index (κ3) is 3.35. The molecule has 0 bridgehead atoms. The van der Waals surface area contributed by atoms with Crippen molar-refractivity contribution in [1.29, 1.82) is 0 Å². The molecule has 0 saturated heterocycles. The van der Waals surface area contributed by atoms with Gasteiger partial charge in [0.25, 0.3) is 0 Å². The number of rotatable bonds is 6. The van der Waals surface area contributed by atoms with E-state index < -0.39 is 0 Å². The lowest BCUT2D eigenvalue weighted by Gasteiger charge is -2.10. The molecule has 0 spiro atoms. The normalized spacial score (nSPS) is 11.1. The van der Waals surface area contributed by atoms with E-state index in [9.17, 15) is 0 Å². The first kappa shape index (κ1) is 12.7. The summed E-state index contributed by atoms with van der Waals surface area (Å²) in [6, 6.07) is 9.89. The highest BCUT2D eigenvalue weighted by Crippen LogP contribution is 2.06. The molecule has 2 aromatic rings. The molecule has 0 fully saturated rings. The van der Waals surface area contributed by atoms with E-state index in [1.165, 1.54) is 0 Å². The Bertz CT molecular complexity index is 464. The molecular formula is C12H18N6. The van der Waals surface area contributed by atoms with Gasteiger partial charge in [0.2, 0.25) is 0 Å². The van der Waals surface area contributed by atoms with E-state index in [-0.39, 0.29) is 0 Å². The maximum Gasteiger partial charge on any atom is 0.170 e. The Kier molecular flexibility index (Phi) is 4.38. The molecule has 0 aliphatic carbocycles. The van der Waals surface area contributed by atoms with Gasteiger partial charge in [-0.25, -0.2) is 0 Å². The Hall–Kier alpha value is -1.79. The molecular weight excluding hydrogens is 228 g/mol. The number of nitrogens with one attached hydrogen (secondary N) is 1. The van der Waals surface area contributed by atoms with Gasteiger partial charge in [0.15, 0.2) is 5.82 Å². The van der Waals surface area contributed by atoms with Crippen LogP contribution in [0.4, 0.5) is 0 Å². The summed E-state index contributed by atoms with van der Waals surface area (Å²) in [7, 11) is 4.10. The number of benzene rings is 1. The second kappa shape index (κ2) is 6.23. The Morgan fingerprint density at radius 3 is 2.72 bits per heavy atom. The van der Waals surface area contributed by atoms with Crippen molar-refractivity contribution in [3.63, 3.8) is 0 Å². The molecule has 0 unspecified atom stereocenters. The molecule has 0 aliphatic rings. The van der Waals surface area contributed by atoms with E-state index >= 15 is 0 Å². The monoisotopic (exact) mass is 246 g/mol. The van der Waals surface area contributed by atoms with Gasteiger partial charge in [-0.05, 0) is 36.7 Å². The average molecular weight is 246 g/mol. The Balaban J connectivity index is 1.96. The second-order valence-corrected chi connectivity index (χ2v) is 4.32. The summed E-state index contributed by atoms with van der Waals surface area (Å²) in [5, 5.41) is 15.1. The number of aromatic nitrogens is 4. The minimum atomic E-state index is 0.662. The minimum Gasteiger partial charge on any atom is -0.308 e. The quantitative estimate of drug-likeness (QED) is 0.744. The lowest BCUT2D eigenvalue weighted by Crippen LogP contribution is -2.27. The average Bonchev–Trinajstić information content (AvgIpc) is 2.84. The van der Waals surface area contributed by atoms with Gasteiger partial charge >= 0.3 is 0 Å². The van der Waals surface area contributed by atoms with Crippen LogP contribution in [0.1, 0.15) is 5.82 Å². The lowest BCUT2D eigenvalue weighted by molar-refractivity contribution is 0.398. The summed E-state index contributed by atoms with van der Waals surface area (Å²) < 4.78 is 1.75. The molecule has 0 radical (unpaired) electrons. The molecule has 0 atom stereocenters. The van der Waals surface area contributed by atoms with E-state index in [1.807, 2.05) is 30.3 Å². The molecule has 0 amide bonds. The van der Waals surface area contributed by atoms with Gasteiger partial charge < -0.3 is 10.2 Å². The SMILES string of the molecule is CN(C)CCNCc1nnnn1-c1ccccc1. The molecule has 1 heterocycles. The van der Waals surface area contributed by atoms with Gasteiger partial charge in [-0.3, -0.25) is 0 Å². The number of hydrogen-bond acceptors (Lipinski definition) is 5. The van der Waals surface area contributed by atoms with Crippen molar-refractivity contribution in [2.45, 2.75) is 6.54 Å². The Labute approximate surface area is 107 Å². The van der Waals surface area contributed by atoms with E-state index in [2.05, 4.69) is 39.8 Å². The van der Waals surface area contributed by atoms with Crippen LogP contribution < -0.4 is 5.32 Å². The van der Waals surface area contributed by atoms with Crippen LogP contribution in [-0.4, -0.2) is 52.3 Å². The van der Waals surface area contributed by atoms with Crippen molar-refractivity contribution < 1.29 is 0 Å². The van der Waals surface area contributed by atoms with Gasteiger partial charge in [0, 0.05) is 13.1 Å². The Morgan fingerprint density at radius 1 is 1.22 bits per heavy atom. The van der Waals surface area contributed by atoms with Crippen molar-refractivity contribution >= 4 is 0 Å². The summed E-state index contributed by atoms with van der Waals surface area (Å²) in [5.41, 5.74) is 0.979. The van der Waals surface area contributed by atoms with E-state index in [0.29, 0.717) is 6.54 Å². The van der Waals surface area contributed by atoms with E-state index in [0.717, 1.165) is 24.6 Å². The Morgan fingerprint density at radius 2 is 2.00 bits per heavy atom. The molecule has 6 heteroatoms. The first-order valence-corrected chi connectivity index (χ1v) is 5.95. The third-order valence-corrected chi connectivity index (χ3v) is 2.55.